The van der Waals surface area contributed by atoms with Crippen molar-refractivity contribution in [2.24, 2.45) is 5.92 Å². The molecule has 40 heavy (non-hydrogen) atoms. The van der Waals surface area contributed by atoms with Gasteiger partial charge >= 0.3 is 6.09 Å². The zero-order valence-electron chi connectivity index (χ0n) is 26.2. The first-order chi connectivity index (χ1) is 18.7. The van der Waals surface area contributed by atoms with Crippen LogP contribution in [0.2, 0.25) is 0 Å². The zero-order chi connectivity index (χ0) is 30.5. The summed E-state index contributed by atoms with van der Waals surface area (Å²) in [4.78, 5) is 43.0. The van der Waals surface area contributed by atoms with E-state index in [0.717, 1.165) is 31.2 Å². The Morgan fingerprint density at radius 3 is 2.27 bits per heavy atom. The Morgan fingerprint density at radius 2 is 1.73 bits per heavy atom. The molecule has 1 rings (SSSR count). The van der Waals surface area contributed by atoms with Gasteiger partial charge in [0.1, 0.15) is 17.7 Å². The van der Waals surface area contributed by atoms with Crippen molar-refractivity contribution in [3.63, 3.8) is 0 Å². The van der Waals surface area contributed by atoms with Gasteiger partial charge in [-0.15, -0.1) is 0 Å². The second-order valence-electron chi connectivity index (χ2n) is 12.0. The summed E-state index contributed by atoms with van der Waals surface area (Å²) in [6.45, 7) is 19.6. The lowest BCUT2D eigenvalue weighted by molar-refractivity contribution is -0.145. The minimum Gasteiger partial charge on any atom is -0.444 e. The van der Waals surface area contributed by atoms with E-state index in [0.29, 0.717) is 23.7 Å². The molecule has 7 nitrogen and oxygen atoms in total. The molecule has 1 aromatic rings. The van der Waals surface area contributed by atoms with Crippen LogP contribution in [0, 0.1) is 5.92 Å². The monoisotopic (exact) mass is 575 g/mol. The maximum atomic E-state index is 14.5. The van der Waals surface area contributed by atoms with Crippen LogP contribution in [0.3, 0.4) is 0 Å². The van der Waals surface area contributed by atoms with Gasteiger partial charge in [0.15, 0.2) is 0 Å². The third kappa shape index (κ3) is 12.4. The quantitative estimate of drug-likeness (QED) is 0.222. The molecule has 1 aromatic carbocycles. The van der Waals surface area contributed by atoms with Crippen molar-refractivity contribution < 1.29 is 19.1 Å². The Balaban J connectivity index is 3.67. The Bertz CT molecular complexity index is 960. The molecule has 0 aliphatic heterocycles. The smallest absolute Gasteiger partial charge is 0.408 e. The molecule has 0 saturated heterocycles. The largest absolute Gasteiger partial charge is 0.444 e. The highest BCUT2D eigenvalue weighted by molar-refractivity contribution is 7.98. The van der Waals surface area contributed by atoms with Crippen molar-refractivity contribution in [3.8, 4) is 0 Å². The Kier molecular flexibility index (Phi) is 15.4. The lowest BCUT2D eigenvalue weighted by atomic mass is 9.95. The standard InChI is InChI=1S/C32H53N3O4S/c1-11-14-23(5)33-29(36)28(26-16-13-15-25(12-2)21-26)35(24(6)18-17-22(3)4)30(37)27(19-20-40-10)34-31(38)39-32(7,8)9/h12-13,15-16,21-24,27-28H,2,11,14,17-20H2,1,3-10H3,(H,33,36)(H,34,38). The van der Waals surface area contributed by atoms with Gasteiger partial charge in [-0.05, 0) is 95.4 Å². The number of carbonyl (C=O) groups excluding carboxylic acids is 3. The van der Waals surface area contributed by atoms with Gasteiger partial charge in [-0.3, -0.25) is 9.59 Å². The van der Waals surface area contributed by atoms with Crippen LogP contribution < -0.4 is 10.6 Å². The summed E-state index contributed by atoms with van der Waals surface area (Å²) in [7, 11) is 0. The summed E-state index contributed by atoms with van der Waals surface area (Å²) >= 11 is 1.60. The molecule has 0 fully saturated rings. The maximum Gasteiger partial charge on any atom is 0.408 e. The second-order valence-corrected chi connectivity index (χ2v) is 13.0. The molecule has 8 heteroatoms. The normalized spacial score (nSPS) is 14.6. The lowest BCUT2D eigenvalue weighted by Crippen LogP contribution is -2.56. The molecule has 226 valence electrons. The van der Waals surface area contributed by atoms with Crippen LogP contribution in [-0.4, -0.2) is 58.5 Å². The van der Waals surface area contributed by atoms with Crippen molar-refractivity contribution in [2.75, 3.05) is 12.0 Å². The molecular formula is C32H53N3O4S. The van der Waals surface area contributed by atoms with Crippen LogP contribution in [0.4, 0.5) is 4.79 Å². The van der Waals surface area contributed by atoms with Gasteiger partial charge in [-0.2, -0.15) is 11.8 Å². The van der Waals surface area contributed by atoms with E-state index >= 15 is 0 Å². The predicted octanol–water partition coefficient (Wildman–Crippen LogP) is 6.98. The van der Waals surface area contributed by atoms with Crippen molar-refractivity contribution in [2.45, 2.75) is 117 Å². The summed E-state index contributed by atoms with van der Waals surface area (Å²) in [6, 6.07) is 5.60. The molecule has 0 heterocycles. The molecule has 4 unspecified atom stereocenters. The van der Waals surface area contributed by atoms with Crippen molar-refractivity contribution in [1.29, 1.82) is 0 Å². The van der Waals surface area contributed by atoms with Crippen LogP contribution in [0.5, 0.6) is 0 Å². The number of benzene rings is 1. The van der Waals surface area contributed by atoms with E-state index in [1.54, 1.807) is 43.5 Å². The van der Waals surface area contributed by atoms with Gasteiger partial charge in [-0.25, -0.2) is 4.79 Å². The van der Waals surface area contributed by atoms with E-state index in [2.05, 4.69) is 38.0 Å². The number of nitrogens with zero attached hydrogens (tertiary/aromatic N) is 1. The van der Waals surface area contributed by atoms with E-state index in [4.69, 9.17) is 4.74 Å². The molecule has 0 spiro atoms. The van der Waals surface area contributed by atoms with Crippen LogP contribution in [0.25, 0.3) is 6.08 Å². The Labute approximate surface area is 247 Å². The van der Waals surface area contributed by atoms with E-state index < -0.39 is 23.8 Å². The minimum absolute atomic E-state index is 0.0438. The average molecular weight is 576 g/mol. The highest BCUT2D eigenvalue weighted by Gasteiger charge is 2.39. The first-order valence-corrected chi connectivity index (χ1v) is 16.0. The fourth-order valence-corrected chi connectivity index (χ4v) is 5.03. The number of carbonyl (C=O) groups is 3. The zero-order valence-corrected chi connectivity index (χ0v) is 27.0. The van der Waals surface area contributed by atoms with Gasteiger partial charge in [0.2, 0.25) is 11.8 Å². The van der Waals surface area contributed by atoms with Crippen molar-refractivity contribution in [3.05, 3.63) is 42.0 Å². The first kappa shape index (κ1) is 35.5. The molecule has 4 atom stereocenters. The molecular weight excluding hydrogens is 522 g/mol. The van der Waals surface area contributed by atoms with Crippen LogP contribution >= 0.6 is 11.8 Å². The fourth-order valence-electron chi connectivity index (χ4n) is 4.56. The molecule has 2 N–H and O–H groups in total. The summed E-state index contributed by atoms with van der Waals surface area (Å²) in [5.74, 6) is 0.584. The second kappa shape index (κ2) is 17.4. The molecule has 0 aliphatic carbocycles. The number of alkyl carbamates (subject to hydrolysis) is 1. The highest BCUT2D eigenvalue weighted by atomic mass is 32.2. The predicted molar refractivity (Wildman–Crippen MR) is 168 cm³/mol. The Hall–Kier alpha value is -2.48. The van der Waals surface area contributed by atoms with Crippen LogP contribution in [0.1, 0.15) is 105 Å². The molecule has 0 radical (unpaired) electrons. The van der Waals surface area contributed by atoms with E-state index in [1.165, 1.54) is 0 Å². The number of hydrogen-bond acceptors (Lipinski definition) is 5. The summed E-state index contributed by atoms with van der Waals surface area (Å²) in [5.41, 5.74) is 0.874. The molecule has 0 aliphatic rings. The summed E-state index contributed by atoms with van der Waals surface area (Å²) in [6.07, 6.45) is 6.85. The topological polar surface area (TPSA) is 87.7 Å². The Morgan fingerprint density at radius 1 is 1.05 bits per heavy atom. The van der Waals surface area contributed by atoms with E-state index in [1.807, 2.05) is 44.4 Å². The highest BCUT2D eigenvalue weighted by Crippen LogP contribution is 2.29. The fraction of sp³-hybridized carbons (Fsp3) is 0.656. The third-order valence-electron chi connectivity index (χ3n) is 6.59. The summed E-state index contributed by atoms with van der Waals surface area (Å²) in [5, 5.41) is 5.97. The number of rotatable bonds is 16. The maximum absolute atomic E-state index is 14.5. The van der Waals surface area contributed by atoms with Gasteiger partial charge in [0.05, 0.1) is 0 Å². The number of hydrogen-bond donors (Lipinski definition) is 2. The van der Waals surface area contributed by atoms with Gasteiger partial charge < -0.3 is 20.3 Å². The number of ether oxygens (including phenoxy) is 1. The SMILES string of the molecule is C=Cc1cccc(C(C(=O)NC(C)CCC)N(C(=O)C(CCSC)NC(=O)OC(C)(C)C)C(C)CCC(C)C)c1. The van der Waals surface area contributed by atoms with Gasteiger partial charge in [0, 0.05) is 12.1 Å². The van der Waals surface area contributed by atoms with E-state index in [-0.39, 0.29) is 23.9 Å². The van der Waals surface area contributed by atoms with Crippen LogP contribution in [-0.2, 0) is 14.3 Å². The van der Waals surface area contributed by atoms with Crippen LogP contribution in [0.15, 0.2) is 30.8 Å². The third-order valence-corrected chi connectivity index (χ3v) is 7.23. The molecule has 0 aromatic heterocycles. The first-order valence-electron chi connectivity index (χ1n) is 14.6. The number of thioether (sulfide) groups is 1. The number of amides is 3. The van der Waals surface area contributed by atoms with Crippen molar-refractivity contribution in [1.82, 2.24) is 15.5 Å². The lowest BCUT2D eigenvalue weighted by Gasteiger charge is -2.39. The average Bonchev–Trinajstić information content (AvgIpc) is 2.86. The molecule has 3 amide bonds. The van der Waals surface area contributed by atoms with Gasteiger partial charge in [0.25, 0.3) is 0 Å². The van der Waals surface area contributed by atoms with Crippen molar-refractivity contribution >= 4 is 35.7 Å². The summed E-state index contributed by atoms with van der Waals surface area (Å²) < 4.78 is 5.50. The minimum atomic E-state index is -0.869. The number of nitrogens with one attached hydrogen (secondary N) is 2. The molecule has 0 saturated carbocycles. The molecule has 0 bridgehead atoms. The van der Waals surface area contributed by atoms with Gasteiger partial charge in [-0.1, -0.05) is 58.0 Å². The van der Waals surface area contributed by atoms with E-state index in [9.17, 15) is 14.4 Å².